The van der Waals surface area contributed by atoms with Crippen molar-refractivity contribution in [3.05, 3.63) is 58.9 Å². The lowest BCUT2D eigenvalue weighted by molar-refractivity contribution is 0.0730. The van der Waals surface area contributed by atoms with Crippen LogP contribution in [0.5, 0.6) is 5.75 Å². The molecule has 1 aliphatic rings. The summed E-state index contributed by atoms with van der Waals surface area (Å²) in [5.74, 6) is 0.281. The first-order valence-corrected chi connectivity index (χ1v) is 12.1. The zero-order valence-electron chi connectivity index (χ0n) is 17.3. The Labute approximate surface area is 185 Å². The standard InChI is InChI=1S/C21H23N3O5S2/c1-15-13-19(16(2)24(15)21-22-7-12-30-21)20(25)14-29-17-3-5-18(6-4-17)31(26,27)23-8-10-28-11-9-23/h3-7,12-13H,8-11,14H2,1-2H3. The summed E-state index contributed by atoms with van der Waals surface area (Å²) in [4.78, 5) is 17.2. The largest absolute Gasteiger partial charge is 0.485 e. The highest BCUT2D eigenvalue weighted by molar-refractivity contribution is 7.89. The van der Waals surface area contributed by atoms with Crippen LogP contribution in [0.4, 0.5) is 0 Å². The maximum atomic E-state index is 12.7. The summed E-state index contributed by atoms with van der Waals surface area (Å²) in [7, 11) is -3.56. The number of hydrogen-bond donors (Lipinski definition) is 0. The average Bonchev–Trinajstić information content (AvgIpc) is 3.40. The predicted molar refractivity (Wildman–Crippen MR) is 117 cm³/mol. The van der Waals surface area contributed by atoms with E-state index in [2.05, 4.69) is 4.98 Å². The van der Waals surface area contributed by atoms with E-state index in [1.54, 1.807) is 18.3 Å². The molecular weight excluding hydrogens is 438 g/mol. The second kappa shape index (κ2) is 8.91. The zero-order valence-corrected chi connectivity index (χ0v) is 18.9. The fourth-order valence-electron chi connectivity index (χ4n) is 3.54. The lowest BCUT2D eigenvalue weighted by Gasteiger charge is -2.26. The fourth-order valence-corrected chi connectivity index (χ4v) is 5.70. The molecule has 2 aromatic heterocycles. The van der Waals surface area contributed by atoms with E-state index in [1.165, 1.54) is 27.8 Å². The SMILES string of the molecule is Cc1cc(C(=O)COc2ccc(S(=O)(=O)N3CCOCC3)cc2)c(C)n1-c1nccs1. The molecule has 31 heavy (non-hydrogen) atoms. The Kier molecular flexibility index (Phi) is 6.24. The van der Waals surface area contributed by atoms with Gasteiger partial charge in [0.05, 0.1) is 18.1 Å². The van der Waals surface area contributed by atoms with Crippen molar-refractivity contribution in [3.63, 3.8) is 0 Å². The number of ether oxygens (including phenoxy) is 2. The van der Waals surface area contributed by atoms with E-state index in [1.807, 2.05) is 29.9 Å². The van der Waals surface area contributed by atoms with E-state index >= 15 is 0 Å². The molecular formula is C21H23N3O5S2. The normalized spacial score (nSPS) is 15.2. The highest BCUT2D eigenvalue weighted by Crippen LogP contribution is 2.24. The molecule has 0 amide bonds. The third-order valence-electron chi connectivity index (χ3n) is 5.14. The number of carbonyl (C=O) groups is 1. The van der Waals surface area contributed by atoms with Crippen LogP contribution in [-0.4, -0.2) is 61.0 Å². The van der Waals surface area contributed by atoms with Gasteiger partial charge in [0.25, 0.3) is 0 Å². The number of thiazole rings is 1. The smallest absolute Gasteiger partial charge is 0.243 e. The molecule has 8 nitrogen and oxygen atoms in total. The number of morpholine rings is 1. The van der Waals surface area contributed by atoms with Crippen LogP contribution in [0.3, 0.4) is 0 Å². The molecule has 0 aliphatic carbocycles. The van der Waals surface area contributed by atoms with Crippen molar-refractivity contribution >= 4 is 27.1 Å². The summed E-state index contributed by atoms with van der Waals surface area (Å²) in [6, 6.07) is 7.97. The van der Waals surface area contributed by atoms with Gasteiger partial charge in [-0.15, -0.1) is 11.3 Å². The van der Waals surface area contributed by atoms with E-state index < -0.39 is 10.0 Å². The molecule has 164 valence electrons. The van der Waals surface area contributed by atoms with Gasteiger partial charge in [-0.3, -0.25) is 9.36 Å². The van der Waals surface area contributed by atoms with Crippen LogP contribution in [0.2, 0.25) is 0 Å². The summed E-state index contributed by atoms with van der Waals surface area (Å²) < 4.78 is 39.6. The summed E-state index contributed by atoms with van der Waals surface area (Å²) in [6.45, 7) is 5.14. The molecule has 1 saturated heterocycles. The number of carbonyl (C=O) groups excluding carboxylic acids is 1. The molecule has 0 bridgehead atoms. The Morgan fingerprint density at radius 1 is 1.19 bits per heavy atom. The first kappa shape index (κ1) is 21.7. The van der Waals surface area contributed by atoms with Gasteiger partial charge >= 0.3 is 0 Å². The van der Waals surface area contributed by atoms with Gasteiger partial charge in [0, 0.05) is 41.6 Å². The maximum absolute atomic E-state index is 12.7. The number of aryl methyl sites for hydroxylation is 1. The Morgan fingerprint density at radius 2 is 1.90 bits per heavy atom. The molecule has 3 heterocycles. The highest BCUT2D eigenvalue weighted by atomic mass is 32.2. The van der Waals surface area contributed by atoms with Gasteiger partial charge in [0.1, 0.15) is 5.75 Å². The van der Waals surface area contributed by atoms with Crippen molar-refractivity contribution < 1.29 is 22.7 Å². The topological polar surface area (TPSA) is 90.7 Å². The predicted octanol–water partition coefficient (Wildman–Crippen LogP) is 2.83. The van der Waals surface area contributed by atoms with E-state index in [-0.39, 0.29) is 17.3 Å². The summed E-state index contributed by atoms with van der Waals surface area (Å²) in [5.41, 5.74) is 2.32. The number of Topliss-reactive ketones (excluding diaryl/α,β-unsaturated/α-hetero) is 1. The van der Waals surface area contributed by atoms with Crippen molar-refractivity contribution in [2.75, 3.05) is 32.9 Å². The quantitative estimate of drug-likeness (QED) is 0.503. The maximum Gasteiger partial charge on any atom is 0.243 e. The van der Waals surface area contributed by atoms with Gasteiger partial charge in [-0.1, -0.05) is 0 Å². The average molecular weight is 462 g/mol. The third kappa shape index (κ3) is 4.42. The van der Waals surface area contributed by atoms with Crippen molar-refractivity contribution in [1.82, 2.24) is 13.9 Å². The molecule has 1 aromatic carbocycles. The minimum atomic E-state index is -3.56. The molecule has 3 aromatic rings. The molecule has 0 N–H and O–H groups in total. The van der Waals surface area contributed by atoms with Crippen LogP contribution in [-0.2, 0) is 14.8 Å². The third-order valence-corrected chi connectivity index (χ3v) is 7.81. The second-order valence-corrected chi connectivity index (χ2v) is 9.95. The van der Waals surface area contributed by atoms with Crippen LogP contribution in [0, 0.1) is 13.8 Å². The minimum absolute atomic E-state index is 0.141. The number of hydrogen-bond acceptors (Lipinski definition) is 7. The Bertz CT molecular complexity index is 1160. The van der Waals surface area contributed by atoms with Crippen molar-refractivity contribution in [2.24, 2.45) is 0 Å². The van der Waals surface area contributed by atoms with Crippen LogP contribution < -0.4 is 4.74 Å². The second-order valence-electron chi connectivity index (χ2n) is 7.13. The monoisotopic (exact) mass is 461 g/mol. The van der Waals surface area contributed by atoms with Crippen LogP contribution in [0.1, 0.15) is 21.7 Å². The van der Waals surface area contributed by atoms with Crippen LogP contribution in [0.15, 0.2) is 46.8 Å². The summed E-state index contributed by atoms with van der Waals surface area (Å²) >= 11 is 1.50. The number of nitrogens with zero attached hydrogens (tertiary/aromatic N) is 3. The van der Waals surface area contributed by atoms with Crippen molar-refractivity contribution in [1.29, 1.82) is 0 Å². The molecule has 1 fully saturated rings. The Morgan fingerprint density at radius 3 is 2.55 bits per heavy atom. The van der Waals surface area contributed by atoms with Crippen molar-refractivity contribution in [3.8, 4) is 10.9 Å². The molecule has 0 unspecified atom stereocenters. The first-order chi connectivity index (χ1) is 14.9. The van der Waals surface area contributed by atoms with E-state index in [9.17, 15) is 13.2 Å². The van der Waals surface area contributed by atoms with Gasteiger partial charge < -0.3 is 9.47 Å². The summed E-state index contributed by atoms with van der Waals surface area (Å²) in [5, 5.41) is 2.70. The van der Waals surface area contributed by atoms with Gasteiger partial charge in [-0.2, -0.15) is 4.31 Å². The Balaban J connectivity index is 1.43. The molecule has 0 saturated carbocycles. The number of aromatic nitrogens is 2. The van der Waals surface area contributed by atoms with E-state index in [0.717, 1.165) is 16.5 Å². The van der Waals surface area contributed by atoms with Gasteiger partial charge in [0.15, 0.2) is 11.7 Å². The molecule has 0 radical (unpaired) electrons. The molecule has 10 heteroatoms. The minimum Gasteiger partial charge on any atom is -0.485 e. The van der Waals surface area contributed by atoms with Gasteiger partial charge in [0.2, 0.25) is 15.8 Å². The highest BCUT2D eigenvalue weighted by Gasteiger charge is 2.26. The van der Waals surface area contributed by atoms with E-state index in [4.69, 9.17) is 9.47 Å². The number of sulfonamides is 1. The van der Waals surface area contributed by atoms with E-state index in [0.29, 0.717) is 37.6 Å². The van der Waals surface area contributed by atoms with Crippen LogP contribution in [0.25, 0.3) is 5.13 Å². The number of ketones is 1. The molecule has 0 spiro atoms. The number of rotatable bonds is 7. The van der Waals surface area contributed by atoms with Crippen molar-refractivity contribution in [2.45, 2.75) is 18.7 Å². The first-order valence-electron chi connectivity index (χ1n) is 9.80. The zero-order chi connectivity index (χ0) is 22.0. The van der Waals surface area contributed by atoms with Gasteiger partial charge in [-0.05, 0) is 44.2 Å². The fraction of sp³-hybridized carbons (Fsp3) is 0.333. The molecule has 4 rings (SSSR count). The Hall–Kier alpha value is -2.53. The van der Waals surface area contributed by atoms with Gasteiger partial charge in [-0.25, -0.2) is 13.4 Å². The number of benzene rings is 1. The lowest BCUT2D eigenvalue weighted by atomic mass is 10.1. The van der Waals surface area contributed by atoms with Crippen LogP contribution >= 0.6 is 11.3 Å². The summed E-state index contributed by atoms with van der Waals surface area (Å²) in [6.07, 6.45) is 1.73. The lowest BCUT2D eigenvalue weighted by Crippen LogP contribution is -2.40. The molecule has 0 atom stereocenters. The molecule has 1 aliphatic heterocycles.